The minimum atomic E-state index is -1.16. The van der Waals surface area contributed by atoms with E-state index in [2.05, 4.69) is 0 Å². The Morgan fingerprint density at radius 1 is 1.24 bits per heavy atom. The van der Waals surface area contributed by atoms with Gasteiger partial charge in [0.05, 0.1) is 18.4 Å². The van der Waals surface area contributed by atoms with Gasteiger partial charge in [0, 0.05) is 12.6 Å². The van der Waals surface area contributed by atoms with Crippen molar-refractivity contribution in [2.75, 3.05) is 11.4 Å². The standard InChI is InChI=1S/C14H11F2NO4/c15-9-3-4-10(16)11(8-9)17(6-5-13(18)19)14(20)12-2-1-7-21-12/h1-4,7-8H,5-6H2,(H,18,19). The number of rotatable bonds is 5. The predicted molar refractivity (Wildman–Crippen MR) is 69.0 cm³/mol. The van der Waals surface area contributed by atoms with E-state index >= 15 is 0 Å². The monoisotopic (exact) mass is 295 g/mol. The van der Waals surface area contributed by atoms with Gasteiger partial charge in [-0.05, 0) is 24.3 Å². The smallest absolute Gasteiger partial charge is 0.305 e. The Morgan fingerprint density at radius 2 is 2.00 bits per heavy atom. The molecular weight excluding hydrogens is 284 g/mol. The van der Waals surface area contributed by atoms with Gasteiger partial charge in [0.2, 0.25) is 0 Å². The van der Waals surface area contributed by atoms with Crippen LogP contribution in [0.25, 0.3) is 0 Å². The third-order valence-corrected chi connectivity index (χ3v) is 2.73. The summed E-state index contributed by atoms with van der Waals surface area (Å²) >= 11 is 0. The van der Waals surface area contributed by atoms with E-state index in [1.54, 1.807) is 0 Å². The molecule has 110 valence electrons. The molecule has 0 radical (unpaired) electrons. The molecular formula is C14H11F2NO4. The minimum Gasteiger partial charge on any atom is -0.481 e. The zero-order chi connectivity index (χ0) is 15.4. The maximum atomic E-state index is 13.8. The van der Waals surface area contributed by atoms with Gasteiger partial charge in [-0.15, -0.1) is 0 Å². The topological polar surface area (TPSA) is 70.8 Å². The fourth-order valence-corrected chi connectivity index (χ4v) is 1.76. The highest BCUT2D eigenvalue weighted by Crippen LogP contribution is 2.23. The van der Waals surface area contributed by atoms with Gasteiger partial charge < -0.3 is 14.4 Å². The zero-order valence-electron chi connectivity index (χ0n) is 10.8. The average molecular weight is 295 g/mol. The van der Waals surface area contributed by atoms with Crippen LogP contribution in [-0.4, -0.2) is 23.5 Å². The van der Waals surface area contributed by atoms with Crippen molar-refractivity contribution >= 4 is 17.6 Å². The highest BCUT2D eigenvalue weighted by atomic mass is 19.1. The quantitative estimate of drug-likeness (QED) is 0.920. The molecule has 1 amide bonds. The molecule has 5 nitrogen and oxygen atoms in total. The van der Waals surface area contributed by atoms with Crippen LogP contribution in [-0.2, 0) is 4.79 Å². The second kappa shape index (κ2) is 6.17. The number of hydrogen-bond acceptors (Lipinski definition) is 3. The van der Waals surface area contributed by atoms with E-state index in [0.717, 1.165) is 23.1 Å². The number of halogens is 2. The first-order valence-corrected chi connectivity index (χ1v) is 6.01. The lowest BCUT2D eigenvalue weighted by molar-refractivity contribution is -0.136. The van der Waals surface area contributed by atoms with Crippen LogP contribution >= 0.6 is 0 Å². The molecule has 2 aromatic rings. The zero-order valence-corrected chi connectivity index (χ0v) is 10.8. The number of carbonyl (C=O) groups excluding carboxylic acids is 1. The molecule has 0 aliphatic rings. The van der Waals surface area contributed by atoms with E-state index < -0.39 is 29.9 Å². The third-order valence-electron chi connectivity index (χ3n) is 2.73. The van der Waals surface area contributed by atoms with Crippen LogP contribution in [0.1, 0.15) is 17.0 Å². The number of aliphatic carboxylic acids is 1. The summed E-state index contributed by atoms with van der Waals surface area (Å²) < 4.78 is 32.0. The molecule has 1 heterocycles. The van der Waals surface area contributed by atoms with Gasteiger partial charge in [-0.3, -0.25) is 9.59 Å². The molecule has 0 spiro atoms. The van der Waals surface area contributed by atoms with Gasteiger partial charge in [-0.2, -0.15) is 0 Å². The number of nitrogens with zero attached hydrogens (tertiary/aromatic N) is 1. The van der Waals surface area contributed by atoms with Crippen LogP contribution in [0.15, 0.2) is 41.0 Å². The predicted octanol–water partition coefficient (Wildman–Crippen LogP) is 2.68. The second-order valence-electron chi connectivity index (χ2n) is 4.17. The Bertz CT molecular complexity index is 655. The molecule has 0 saturated heterocycles. The molecule has 0 unspecified atom stereocenters. The van der Waals surface area contributed by atoms with Crippen molar-refractivity contribution < 1.29 is 27.9 Å². The number of hydrogen-bond donors (Lipinski definition) is 1. The number of furan rings is 1. The summed E-state index contributed by atoms with van der Waals surface area (Å²) in [5, 5.41) is 8.72. The van der Waals surface area contributed by atoms with Crippen LogP contribution in [0.4, 0.5) is 14.5 Å². The Hall–Kier alpha value is -2.70. The third kappa shape index (κ3) is 3.44. The summed E-state index contributed by atoms with van der Waals surface area (Å²) in [6.07, 6.45) is 0.840. The van der Waals surface area contributed by atoms with E-state index in [0.29, 0.717) is 0 Å². The first-order valence-electron chi connectivity index (χ1n) is 6.01. The van der Waals surface area contributed by atoms with E-state index in [-0.39, 0.29) is 18.0 Å². The van der Waals surface area contributed by atoms with Crippen molar-refractivity contribution in [1.29, 1.82) is 0 Å². The first-order chi connectivity index (χ1) is 9.99. The molecule has 0 aliphatic heterocycles. The van der Waals surface area contributed by atoms with Gasteiger partial charge in [-0.25, -0.2) is 8.78 Å². The van der Waals surface area contributed by atoms with E-state index in [9.17, 15) is 18.4 Å². The van der Waals surface area contributed by atoms with Gasteiger partial charge in [0.15, 0.2) is 5.76 Å². The second-order valence-corrected chi connectivity index (χ2v) is 4.17. The van der Waals surface area contributed by atoms with E-state index in [1.165, 1.54) is 18.4 Å². The Labute approximate surface area is 118 Å². The van der Waals surface area contributed by atoms with Crippen LogP contribution in [0.3, 0.4) is 0 Å². The van der Waals surface area contributed by atoms with Crippen LogP contribution < -0.4 is 4.90 Å². The summed E-state index contributed by atoms with van der Waals surface area (Å²) in [5.74, 6) is -3.57. The first kappa shape index (κ1) is 14.7. The fourth-order valence-electron chi connectivity index (χ4n) is 1.76. The van der Waals surface area contributed by atoms with Crippen molar-refractivity contribution in [2.24, 2.45) is 0 Å². The summed E-state index contributed by atoms with van der Waals surface area (Å²) in [7, 11) is 0. The lowest BCUT2D eigenvalue weighted by atomic mass is 10.2. The van der Waals surface area contributed by atoms with Gasteiger partial charge in [0.25, 0.3) is 5.91 Å². The number of carbonyl (C=O) groups is 2. The summed E-state index contributed by atoms with van der Waals surface area (Å²) in [4.78, 5) is 23.7. The van der Waals surface area contributed by atoms with E-state index in [1.807, 2.05) is 0 Å². The fraction of sp³-hybridized carbons (Fsp3) is 0.143. The lowest BCUT2D eigenvalue weighted by Crippen LogP contribution is -2.33. The normalized spacial score (nSPS) is 10.4. The molecule has 1 aromatic heterocycles. The Kier molecular flexibility index (Phi) is 4.32. The number of carboxylic acids is 1. The van der Waals surface area contributed by atoms with Gasteiger partial charge in [-0.1, -0.05) is 0 Å². The van der Waals surface area contributed by atoms with Gasteiger partial charge in [0.1, 0.15) is 11.6 Å². The lowest BCUT2D eigenvalue weighted by Gasteiger charge is -2.21. The summed E-state index contributed by atoms with van der Waals surface area (Å²) in [6, 6.07) is 5.43. The maximum Gasteiger partial charge on any atom is 0.305 e. The minimum absolute atomic E-state index is 0.0935. The van der Waals surface area contributed by atoms with Crippen molar-refractivity contribution in [3.05, 3.63) is 54.0 Å². The van der Waals surface area contributed by atoms with Gasteiger partial charge >= 0.3 is 5.97 Å². The van der Waals surface area contributed by atoms with Crippen LogP contribution in [0.5, 0.6) is 0 Å². The number of amides is 1. The van der Waals surface area contributed by atoms with Crippen molar-refractivity contribution in [3.63, 3.8) is 0 Å². The SMILES string of the molecule is O=C(O)CCN(C(=O)c1ccco1)c1cc(F)ccc1F. The molecule has 7 heteroatoms. The number of benzene rings is 1. The Morgan fingerprint density at radius 3 is 2.62 bits per heavy atom. The van der Waals surface area contributed by atoms with Crippen molar-refractivity contribution in [3.8, 4) is 0 Å². The molecule has 0 fully saturated rings. The molecule has 1 N–H and O–H groups in total. The molecule has 2 rings (SSSR count). The summed E-state index contributed by atoms with van der Waals surface area (Å²) in [6.45, 7) is -0.310. The molecule has 1 aromatic carbocycles. The molecule has 0 bridgehead atoms. The number of carboxylic acid groups (broad SMARTS) is 1. The molecule has 0 atom stereocenters. The van der Waals surface area contributed by atoms with Crippen molar-refractivity contribution in [1.82, 2.24) is 0 Å². The maximum absolute atomic E-state index is 13.8. The van der Waals surface area contributed by atoms with Crippen LogP contribution in [0.2, 0.25) is 0 Å². The highest BCUT2D eigenvalue weighted by molar-refractivity contribution is 6.04. The molecule has 21 heavy (non-hydrogen) atoms. The Balaban J connectivity index is 2.37. The number of anilines is 1. The van der Waals surface area contributed by atoms with Crippen LogP contribution in [0, 0.1) is 11.6 Å². The highest BCUT2D eigenvalue weighted by Gasteiger charge is 2.23. The average Bonchev–Trinajstić information content (AvgIpc) is 2.96. The molecule has 0 aliphatic carbocycles. The summed E-state index contributed by atoms with van der Waals surface area (Å²) in [5.41, 5.74) is -0.336. The van der Waals surface area contributed by atoms with E-state index in [4.69, 9.17) is 9.52 Å². The van der Waals surface area contributed by atoms with Crippen molar-refractivity contribution in [2.45, 2.75) is 6.42 Å². The molecule has 0 saturated carbocycles. The largest absolute Gasteiger partial charge is 0.481 e.